The number of rotatable bonds is 9. The lowest BCUT2D eigenvalue weighted by Crippen LogP contribution is -2.44. The van der Waals surface area contributed by atoms with Crippen molar-refractivity contribution in [2.24, 2.45) is 5.92 Å². The summed E-state index contributed by atoms with van der Waals surface area (Å²) < 4.78 is 5.76. The van der Waals surface area contributed by atoms with Gasteiger partial charge in [-0.3, -0.25) is 4.90 Å². The van der Waals surface area contributed by atoms with Crippen molar-refractivity contribution in [2.45, 2.75) is 59.1 Å². The van der Waals surface area contributed by atoms with E-state index in [0.717, 1.165) is 32.8 Å². The van der Waals surface area contributed by atoms with E-state index in [1.165, 1.54) is 19.3 Å². The summed E-state index contributed by atoms with van der Waals surface area (Å²) in [6.45, 7) is 14.6. The molecule has 0 aromatic heterocycles. The zero-order valence-electron chi connectivity index (χ0n) is 12.7. The van der Waals surface area contributed by atoms with Gasteiger partial charge in [0.25, 0.3) is 0 Å². The van der Waals surface area contributed by atoms with Crippen LogP contribution in [0.1, 0.15) is 47.0 Å². The summed E-state index contributed by atoms with van der Waals surface area (Å²) in [5, 5.41) is 3.53. The second kappa shape index (κ2) is 8.89. The predicted octanol–water partition coefficient (Wildman–Crippen LogP) is 2.51. The molecule has 0 aromatic carbocycles. The second-order valence-corrected chi connectivity index (χ2v) is 5.64. The Hall–Kier alpha value is -0.120. The van der Waals surface area contributed by atoms with Crippen molar-refractivity contribution in [3.8, 4) is 0 Å². The average molecular weight is 256 g/mol. The van der Waals surface area contributed by atoms with Crippen LogP contribution in [-0.2, 0) is 4.74 Å². The van der Waals surface area contributed by atoms with Crippen molar-refractivity contribution < 1.29 is 4.74 Å². The maximum atomic E-state index is 5.76. The first-order valence-electron chi connectivity index (χ1n) is 7.75. The highest BCUT2D eigenvalue weighted by atomic mass is 16.5. The lowest BCUT2D eigenvalue weighted by Gasteiger charge is -2.34. The molecule has 0 amide bonds. The molecule has 18 heavy (non-hydrogen) atoms. The van der Waals surface area contributed by atoms with Crippen LogP contribution in [0.15, 0.2) is 0 Å². The van der Waals surface area contributed by atoms with Crippen LogP contribution < -0.4 is 5.32 Å². The molecule has 1 rings (SSSR count). The summed E-state index contributed by atoms with van der Waals surface area (Å²) >= 11 is 0. The number of ether oxygens (including phenoxy) is 1. The number of nitrogens with zero attached hydrogens (tertiary/aromatic N) is 1. The third-order valence-corrected chi connectivity index (χ3v) is 4.16. The molecule has 0 aliphatic carbocycles. The highest BCUT2D eigenvalue weighted by molar-refractivity contribution is 4.78. The lowest BCUT2D eigenvalue weighted by molar-refractivity contribution is 0.0518. The van der Waals surface area contributed by atoms with Crippen molar-refractivity contribution in [1.29, 1.82) is 0 Å². The largest absolute Gasteiger partial charge is 0.377 e. The molecule has 3 nitrogen and oxygen atoms in total. The zero-order chi connectivity index (χ0) is 13.4. The quantitative estimate of drug-likeness (QED) is 0.642. The third-order valence-electron chi connectivity index (χ3n) is 4.16. The molecule has 0 radical (unpaired) electrons. The maximum absolute atomic E-state index is 5.76. The minimum absolute atomic E-state index is 0.475. The van der Waals surface area contributed by atoms with Crippen LogP contribution in [0, 0.1) is 5.92 Å². The molecule has 1 saturated heterocycles. The van der Waals surface area contributed by atoms with Crippen molar-refractivity contribution in [2.75, 3.05) is 32.8 Å². The smallest absolute Gasteiger partial charge is 0.0702 e. The Morgan fingerprint density at radius 2 is 2.11 bits per heavy atom. The molecule has 3 heteroatoms. The highest BCUT2D eigenvalue weighted by Crippen LogP contribution is 2.17. The molecule has 1 aliphatic rings. The maximum Gasteiger partial charge on any atom is 0.0702 e. The summed E-state index contributed by atoms with van der Waals surface area (Å²) in [7, 11) is 0. The molecule has 1 heterocycles. The molecule has 1 N–H and O–H groups in total. The number of nitrogens with one attached hydrogen (secondary N) is 1. The van der Waals surface area contributed by atoms with Gasteiger partial charge in [-0.05, 0) is 51.7 Å². The average Bonchev–Trinajstić information content (AvgIpc) is 2.88. The molecular weight excluding hydrogens is 224 g/mol. The van der Waals surface area contributed by atoms with Gasteiger partial charge in [-0.1, -0.05) is 20.8 Å². The molecule has 1 aliphatic heterocycles. The van der Waals surface area contributed by atoms with E-state index in [-0.39, 0.29) is 0 Å². The minimum Gasteiger partial charge on any atom is -0.377 e. The van der Waals surface area contributed by atoms with Crippen LogP contribution >= 0.6 is 0 Å². The summed E-state index contributed by atoms with van der Waals surface area (Å²) in [6.07, 6.45) is 4.17. The van der Waals surface area contributed by atoms with Gasteiger partial charge in [0, 0.05) is 19.2 Å². The minimum atomic E-state index is 0.475. The van der Waals surface area contributed by atoms with E-state index in [0.29, 0.717) is 18.1 Å². The van der Waals surface area contributed by atoms with E-state index in [2.05, 4.69) is 37.9 Å². The Morgan fingerprint density at radius 3 is 2.67 bits per heavy atom. The molecular formula is C15H32N2O. The molecule has 0 bridgehead atoms. The van der Waals surface area contributed by atoms with E-state index >= 15 is 0 Å². The molecule has 0 saturated carbocycles. The standard InChI is InChI=1S/C15H32N2O/c1-5-9-16-11-13(3)14(4)17(6-2)12-15-8-7-10-18-15/h13-16H,5-12H2,1-4H3. The summed E-state index contributed by atoms with van der Waals surface area (Å²) in [6, 6.07) is 0.628. The summed E-state index contributed by atoms with van der Waals surface area (Å²) in [4.78, 5) is 2.58. The Morgan fingerprint density at radius 1 is 1.33 bits per heavy atom. The fourth-order valence-corrected chi connectivity index (χ4v) is 2.67. The fraction of sp³-hybridized carbons (Fsp3) is 1.00. The van der Waals surface area contributed by atoms with Crippen LogP contribution in [0.3, 0.4) is 0 Å². The fourth-order valence-electron chi connectivity index (χ4n) is 2.67. The Balaban J connectivity index is 2.32. The summed E-state index contributed by atoms with van der Waals surface area (Å²) in [5.74, 6) is 0.693. The van der Waals surface area contributed by atoms with Crippen LogP contribution in [0.5, 0.6) is 0 Å². The second-order valence-electron chi connectivity index (χ2n) is 5.64. The Kier molecular flexibility index (Phi) is 7.87. The first kappa shape index (κ1) is 15.9. The summed E-state index contributed by atoms with van der Waals surface area (Å²) in [5.41, 5.74) is 0. The monoisotopic (exact) mass is 256 g/mol. The molecule has 0 spiro atoms. The predicted molar refractivity (Wildman–Crippen MR) is 78.0 cm³/mol. The molecule has 0 aromatic rings. The molecule has 108 valence electrons. The van der Waals surface area contributed by atoms with Gasteiger partial charge in [0.1, 0.15) is 0 Å². The van der Waals surface area contributed by atoms with Gasteiger partial charge in [0.05, 0.1) is 6.10 Å². The lowest BCUT2D eigenvalue weighted by atomic mass is 10.0. The zero-order valence-corrected chi connectivity index (χ0v) is 12.7. The van der Waals surface area contributed by atoms with Crippen molar-refractivity contribution in [3.05, 3.63) is 0 Å². The molecule has 3 atom stereocenters. The van der Waals surface area contributed by atoms with Gasteiger partial charge in [0.15, 0.2) is 0 Å². The highest BCUT2D eigenvalue weighted by Gasteiger charge is 2.24. The van der Waals surface area contributed by atoms with Crippen LogP contribution in [0.4, 0.5) is 0 Å². The van der Waals surface area contributed by atoms with Gasteiger partial charge in [-0.25, -0.2) is 0 Å². The van der Waals surface area contributed by atoms with Gasteiger partial charge < -0.3 is 10.1 Å². The topological polar surface area (TPSA) is 24.5 Å². The molecule has 1 fully saturated rings. The number of likely N-dealkylation sites (N-methyl/N-ethyl adjacent to an activating group) is 1. The van der Waals surface area contributed by atoms with Gasteiger partial charge in [0.2, 0.25) is 0 Å². The van der Waals surface area contributed by atoms with E-state index < -0.39 is 0 Å². The molecule has 3 unspecified atom stereocenters. The SMILES string of the molecule is CCCNCC(C)C(C)N(CC)CC1CCCO1. The van der Waals surface area contributed by atoms with E-state index in [1.807, 2.05) is 0 Å². The first-order valence-corrected chi connectivity index (χ1v) is 7.75. The van der Waals surface area contributed by atoms with Gasteiger partial charge >= 0.3 is 0 Å². The van der Waals surface area contributed by atoms with E-state index in [9.17, 15) is 0 Å². The normalized spacial score (nSPS) is 23.5. The van der Waals surface area contributed by atoms with Crippen molar-refractivity contribution >= 4 is 0 Å². The van der Waals surface area contributed by atoms with Gasteiger partial charge in [-0.2, -0.15) is 0 Å². The Labute approximate surface area is 113 Å². The van der Waals surface area contributed by atoms with Crippen LogP contribution in [0.2, 0.25) is 0 Å². The van der Waals surface area contributed by atoms with Crippen LogP contribution in [-0.4, -0.2) is 49.8 Å². The van der Waals surface area contributed by atoms with E-state index in [1.54, 1.807) is 0 Å². The first-order chi connectivity index (χ1) is 8.69. The van der Waals surface area contributed by atoms with Crippen molar-refractivity contribution in [3.63, 3.8) is 0 Å². The van der Waals surface area contributed by atoms with Crippen LogP contribution in [0.25, 0.3) is 0 Å². The number of hydrogen-bond acceptors (Lipinski definition) is 3. The Bertz CT molecular complexity index is 205. The number of hydrogen-bond donors (Lipinski definition) is 1. The van der Waals surface area contributed by atoms with E-state index in [4.69, 9.17) is 4.74 Å². The third kappa shape index (κ3) is 5.25. The van der Waals surface area contributed by atoms with Gasteiger partial charge in [-0.15, -0.1) is 0 Å². The van der Waals surface area contributed by atoms with Crippen molar-refractivity contribution in [1.82, 2.24) is 10.2 Å².